The normalized spacial score (nSPS) is 20.1. The number of amides is 1. The molecule has 1 aromatic carbocycles. The molecule has 2 aliphatic heterocycles. The number of ether oxygens (including phenoxy) is 2. The van der Waals surface area contributed by atoms with Gasteiger partial charge in [0.1, 0.15) is 5.75 Å². The lowest BCUT2D eigenvalue weighted by Gasteiger charge is -2.44. The molecule has 1 saturated carbocycles. The van der Waals surface area contributed by atoms with Crippen molar-refractivity contribution in [1.29, 1.82) is 0 Å². The van der Waals surface area contributed by atoms with Crippen LogP contribution in [-0.2, 0) is 16.1 Å². The van der Waals surface area contributed by atoms with Crippen molar-refractivity contribution in [2.75, 3.05) is 13.1 Å². The van der Waals surface area contributed by atoms with Crippen LogP contribution < -0.4 is 4.74 Å². The smallest absolute Gasteiger partial charge is 0.225 e. The fraction of sp³-hybridized carbons (Fsp3) is 0.375. The summed E-state index contributed by atoms with van der Waals surface area (Å²) in [7, 11) is 0. The first-order valence-corrected chi connectivity index (χ1v) is 10.7. The summed E-state index contributed by atoms with van der Waals surface area (Å²) in [6, 6.07) is 12.1. The van der Waals surface area contributed by atoms with E-state index in [-0.39, 0.29) is 5.92 Å². The second kappa shape index (κ2) is 6.77. The molecule has 0 bridgehead atoms. The number of pyridine rings is 2. The molecule has 2 aromatic heterocycles. The molecule has 0 atom stereocenters. The number of carbonyl (C=O) groups excluding carboxylic acids is 1. The Kier molecular flexibility index (Phi) is 4.03. The quantitative estimate of drug-likeness (QED) is 0.651. The zero-order chi connectivity index (χ0) is 20.1. The molecule has 3 aromatic rings. The highest BCUT2D eigenvalue weighted by molar-refractivity contribution is 5.81. The van der Waals surface area contributed by atoms with Crippen molar-refractivity contribution in [3.8, 4) is 16.9 Å². The number of benzene rings is 1. The average molecular weight is 401 g/mol. The number of fused-ring (bicyclic) bond motifs is 2. The summed E-state index contributed by atoms with van der Waals surface area (Å²) in [5.41, 5.74) is 4.90. The number of aromatic nitrogens is 2. The Morgan fingerprint density at radius 3 is 2.73 bits per heavy atom. The fourth-order valence-corrected chi connectivity index (χ4v) is 4.42. The number of carbonyl (C=O) groups is 1. The van der Waals surface area contributed by atoms with Crippen molar-refractivity contribution in [2.24, 2.45) is 5.92 Å². The number of piperidine rings is 1. The first-order chi connectivity index (χ1) is 14.7. The highest BCUT2D eigenvalue weighted by atomic mass is 16.7. The van der Waals surface area contributed by atoms with Gasteiger partial charge >= 0.3 is 0 Å². The third-order valence-corrected chi connectivity index (χ3v) is 6.40. The number of hydrogen-bond donors (Lipinski definition) is 0. The minimum absolute atomic E-state index is 0.270. The lowest BCUT2D eigenvalue weighted by molar-refractivity contribution is -0.227. The van der Waals surface area contributed by atoms with Crippen LogP contribution in [0.3, 0.4) is 0 Å². The van der Waals surface area contributed by atoms with Crippen LogP contribution in [0.4, 0.5) is 0 Å². The number of nitrogens with zero attached hydrogens (tertiary/aromatic N) is 3. The van der Waals surface area contributed by atoms with Gasteiger partial charge in [-0.05, 0) is 48.7 Å². The second-order valence-electron chi connectivity index (χ2n) is 8.49. The topological polar surface area (TPSA) is 64.6 Å². The van der Waals surface area contributed by atoms with E-state index in [1.165, 1.54) is 0 Å². The van der Waals surface area contributed by atoms with E-state index in [0.29, 0.717) is 38.4 Å². The van der Waals surface area contributed by atoms with Gasteiger partial charge in [-0.1, -0.05) is 6.07 Å². The van der Waals surface area contributed by atoms with E-state index in [2.05, 4.69) is 28.2 Å². The maximum atomic E-state index is 12.3. The largest absolute Gasteiger partial charge is 0.462 e. The Bertz CT molecular complexity index is 1130. The van der Waals surface area contributed by atoms with Gasteiger partial charge in [0.05, 0.1) is 17.6 Å². The minimum atomic E-state index is -0.608. The Morgan fingerprint density at radius 2 is 1.90 bits per heavy atom. The molecule has 2 fully saturated rings. The second-order valence-corrected chi connectivity index (χ2v) is 8.49. The van der Waals surface area contributed by atoms with Gasteiger partial charge in [-0.2, -0.15) is 0 Å². The van der Waals surface area contributed by atoms with E-state index in [0.717, 1.165) is 46.3 Å². The van der Waals surface area contributed by atoms with Crippen LogP contribution in [-0.4, -0.2) is 39.7 Å². The molecule has 3 aliphatic rings. The van der Waals surface area contributed by atoms with Crippen molar-refractivity contribution in [1.82, 2.24) is 14.9 Å². The summed E-state index contributed by atoms with van der Waals surface area (Å²) in [5.74, 6) is 0.845. The summed E-state index contributed by atoms with van der Waals surface area (Å²) in [6.07, 6.45) is 7.19. The SMILES string of the molecule is O=C(C1CC1)N1CCC2(CC1)OCc1cc(-c3cnc4cccnc4c3)ccc1O2. The van der Waals surface area contributed by atoms with Gasteiger partial charge in [0.2, 0.25) is 11.7 Å². The molecule has 1 spiro atoms. The highest BCUT2D eigenvalue weighted by Gasteiger charge is 2.43. The molecule has 1 aliphatic carbocycles. The van der Waals surface area contributed by atoms with Gasteiger partial charge in [0, 0.05) is 55.4 Å². The number of likely N-dealkylation sites (tertiary alicyclic amines) is 1. The molecule has 4 heterocycles. The Morgan fingerprint density at radius 1 is 1.03 bits per heavy atom. The Hall–Kier alpha value is -2.99. The molecule has 152 valence electrons. The molecule has 30 heavy (non-hydrogen) atoms. The van der Waals surface area contributed by atoms with Crippen molar-refractivity contribution >= 4 is 16.9 Å². The van der Waals surface area contributed by atoms with E-state index in [1.807, 2.05) is 29.3 Å². The number of rotatable bonds is 2. The van der Waals surface area contributed by atoms with Crippen LogP contribution in [0.15, 0.2) is 48.8 Å². The van der Waals surface area contributed by atoms with E-state index >= 15 is 0 Å². The van der Waals surface area contributed by atoms with Gasteiger partial charge < -0.3 is 14.4 Å². The van der Waals surface area contributed by atoms with Crippen LogP contribution in [0.2, 0.25) is 0 Å². The van der Waals surface area contributed by atoms with E-state index < -0.39 is 5.79 Å². The monoisotopic (exact) mass is 401 g/mol. The van der Waals surface area contributed by atoms with Crippen molar-refractivity contribution in [2.45, 2.75) is 38.1 Å². The molecule has 1 saturated heterocycles. The van der Waals surface area contributed by atoms with Crippen molar-refractivity contribution < 1.29 is 14.3 Å². The summed E-state index contributed by atoms with van der Waals surface area (Å²) < 4.78 is 12.5. The van der Waals surface area contributed by atoms with E-state index in [4.69, 9.17) is 9.47 Å². The summed E-state index contributed by atoms with van der Waals surface area (Å²) in [6.45, 7) is 1.93. The zero-order valence-corrected chi connectivity index (χ0v) is 16.7. The van der Waals surface area contributed by atoms with Crippen LogP contribution in [0, 0.1) is 5.92 Å². The Balaban J connectivity index is 1.21. The third-order valence-electron chi connectivity index (χ3n) is 6.40. The van der Waals surface area contributed by atoms with E-state index in [1.54, 1.807) is 6.20 Å². The predicted molar refractivity (Wildman–Crippen MR) is 112 cm³/mol. The van der Waals surface area contributed by atoms with Gasteiger partial charge in [-0.3, -0.25) is 14.8 Å². The van der Waals surface area contributed by atoms with Crippen LogP contribution in [0.5, 0.6) is 5.75 Å². The first kappa shape index (κ1) is 17.8. The summed E-state index contributed by atoms with van der Waals surface area (Å²) >= 11 is 0. The molecule has 0 N–H and O–H groups in total. The maximum Gasteiger partial charge on any atom is 0.225 e. The van der Waals surface area contributed by atoms with Crippen molar-refractivity contribution in [3.05, 3.63) is 54.4 Å². The van der Waals surface area contributed by atoms with Gasteiger partial charge in [-0.15, -0.1) is 0 Å². The maximum absolute atomic E-state index is 12.3. The minimum Gasteiger partial charge on any atom is -0.462 e. The van der Waals surface area contributed by atoms with Gasteiger partial charge in [0.25, 0.3) is 0 Å². The van der Waals surface area contributed by atoms with Gasteiger partial charge in [0.15, 0.2) is 0 Å². The lowest BCUT2D eigenvalue weighted by Crippen LogP contribution is -2.52. The molecule has 0 unspecified atom stereocenters. The van der Waals surface area contributed by atoms with Crippen LogP contribution >= 0.6 is 0 Å². The summed E-state index contributed by atoms with van der Waals surface area (Å²) in [4.78, 5) is 23.2. The summed E-state index contributed by atoms with van der Waals surface area (Å²) in [5, 5.41) is 0. The molecule has 6 nitrogen and oxygen atoms in total. The average Bonchev–Trinajstić information content (AvgIpc) is 3.64. The number of hydrogen-bond acceptors (Lipinski definition) is 5. The van der Waals surface area contributed by atoms with Gasteiger partial charge in [-0.25, -0.2) is 0 Å². The van der Waals surface area contributed by atoms with Crippen molar-refractivity contribution in [3.63, 3.8) is 0 Å². The Labute approximate surface area is 174 Å². The molecule has 6 rings (SSSR count). The molecule has 6 heteroatoms. The van der Waals surface area contributed by atoms with Crippen LogP contribution in [0.25, 0.3) is 22.2 Å². The lowest BCUT2D eigenvalue weighted by atomic mass is 9.99. The third kappa shape index (κ3) is 3.12. The standard InChI is InChI=1S/C24H23N3O3/c28-23(16-3-4-16)27-10-7-24(8-11-27)29-15-19-12-17(5-6-22(19)30-24)18-13-21-20(26-14-18)2-1-9-25-21/h1-2,5-6,9,12-14,16H,3-4,7-8,10-11,15H2. The molecular formula is C24H23N3O3. The predicted octanol–water partition coefficient (Wildman–Crippen LogP) is 3.93. The fourth-order valence-electron chi connectivity index (χ4n) is 4.42. The highest BCUT2D eigenvalue weighted by Crippen LogP contribution is 2.40. The molecule has 0 radical (unpaired) electrons. The molecule has 1 amide bonds. The first-order valence-electron chi connectivity index (χ1n) is 10.7. The van der Waals surface area contributed by atoms with Crippen LogP contribution in [0.1, 0.15) is 31.2 Å². The zero-order valence-electron chi connectivity index (χ0n) is 16.7. The molecular weight excluding hydrogens is 378 g/mol. The van der Waals surface area contributed by atoms with E-state index in [9.17, 15) is 4.79 Å².